The Balaban J connectivity index is 1.66. The molecule has 0 bridgehead atoms. The van der Waals surface area contributed by atoms with Gasteiger partial charge >= 0.3 is 0 Å². The first-order chi connectivity index (χ1) is 11.0. The second kappa shape index (κ2) is 6.62. The Kier molecular flexibility index (Phi) is 4.74. The maximum atomic E-state index is 12.6. The van der Waals surface area contributed by atoms with Crippen LogP contribution in [0.5, 0.6) is 0 Å². The van der Waals surface area contributed by atoms with Crippen LogP contribution in [0, 0.1) is 0 Å². The number of furan rings is 1. The number of aryl methyl sites for hydroxylation is 1. The number of hydrogen-bond acceptors (Lipinski definition) is 4. The Labute approximate surface area is 136 Å². The van der Waals surface area contributed by atoms with Crippen molar-refractivity contribution < 1.29 is 17.6 Å². The summed E-state index contributed by atoms with van der Waals surface area (Å²) in [6, 6.07) is 3.41. The van der Waals surface area contributed by atoms with Crippen LogP contribution in [0.1, 0.15) is 50.2 Å². The van der Waals surface area contributed by atoms with Gasteiger partial charge in [0.25, 0.3) is 10.2 Å². The maximum absolute atomic E-state index is 12.6. The summed E-state index contributed by atoms with van der Waals surface area (Å²) >= 11 is 0. The summed E-state index contributed by atoms with van der Waals surface area (Å²) in [6.45, 7) is 2.72. The number of rotatable bonds is 6. The molecule has 2 aliphatic rings. The Morgan fingerprint density at radius 2 is 2.22 bits per heavy atom. The van der Waals surface area contributed by atoms with E-state index in [0.717, 1.165) is 25.0 Å². The number of nitrogens with one attached hydrogen (secondary N) is 2. The van der Waals surface area contributed by atoms with Gasteiger partial charge in [-0.1, -0.05) is 6.92 Å². The molecule has 2 N–H and O–H groups in total. The van der Waals surface area contributed by atoms with Gasteiger partial charge in [-0.25, -0.2) is 4.72 Å². The quantitative estimate of drug-likeness (QED) is 0.810. The van der Waals surface area contributed by atoms with Crippen molar-refractivity contribution in [3.63, 3.8) is 0 Å². The molecule has 2 atom stereocenters. The van der Waals surface area contributed by atoms with Crippen LogP contribution in [0.15, 0.2) is 16.5 Å². The monoisotopic (exact) mass is 341 g/mol. The lowest BCUT2D eigenvalue weighted by molar-refractivity contribution is -0.119. The van der Waals surface area contributed by atoms with Crippen LogP contribution in [0.3, 0.4) is 0 Å². The van der Waals surface area contributed by atoms with Gasteiger partial charge in [0.15, 0.2) is 0 Å². The molecule has 1 aromatic rings. The second-order valence-electron chi connectivity index (χ2n) is 6.08. The van der Waals surface area contributed by atoms with E-state index in [1.54, 1.807) is 0 Å². The molecule has 0 spiro atoms. The molecule has 2 aliphatic heterocycles. The minimum absolute atomic E-state index is 0.0177. The van der Waals surface area contributed by atoms with E-state index in [1.165, 1.54) is 4.31 Å². The summed E-state index contributed by atoms with van der Waals surface area (Å²) in [6.07, 6.45) is 3.50. The second-order valence-corrected chi connectivity index (χ2v) is 7.79. The van der Waals surface area contributed by atoms with E-state index in [-0.39, 0.29) is 24.5 Å². The van der Waals surface area contributed by atoms with E-state index >= 15 is 0 Å². The van der Waals surface area contributed by atoms with Crippen molar-refractivity contribution in [2.75, 3.05) is 13.1 Å². The molecule has 2 fully saturated rings. The molecule has 2 saturated heterocycles. The van der Waals surface area contributed by atoms with Crippen LogP contribution in [0.4, 0.5) is 0 Å². The topological polar surface area (TPSA) is 91.7 Å². The van der Waals surface area contributed by atoms with E-state index in [9.17, 15) is 13.2 Å². The van der Waals surface area contributed by atoms with Crippen LogP contribution in [0.25, 0.3) is 0 Å². The lowest BCUT2D eigenvalue weighted by Gasteiger charge is -2.23. The Morgan fingerprint density at radius 1 is 1.39 bits per heavy atom. The summed E-state index contributed by atoms with van der Waals surface area (Å²) in [7, 11) is -3.59. The molecular weight excluding hydrogens is 318 g/mol. The highest BCUT2D eigenvalue weighted by atomic mass is 32.2. The number of amides is 1. The largest absolute Gasteiger partial charge is 0.464 e. The molecule has 2 unspecified atom stereocenters. The molecular formula is C15H23N3O4S. The van der Waals surface area contributed by atoms with E-state index in [2.05, 4.69) is 10.0 Å². The molecule has 0 saturated carbocycles. The van der Waals surface area contributed by atoms with Gasteiger partial charge in [0.2, 0.25) is 5.91 Å². The first-order valence-electron chi connectivity index (χ1n) is 8.14. The lowest BCUT2D eigenvalue weighted by Crippen LogP contribution is -2.45. The molecule has 3 heterocycles. The average Bonchev–Trinajstić information content (AvgIpc) is 3.24. The summed E-state index contributed by atoms with van der Waals surface area (Å²) < 4.78 is 35.0. The highest BCUT2D eigenvalue weighted by molar-refractivity contribution is 7.87. The molecule has 23 heavy (non-hydrogen) atoms. The molecule has 8 heteroatoms. The highest BCUT2D eigenvalue weighted by Crippen LogP contribution is 2.34. The van der Waals surface area contributed by atoms with Crippen molar-refractivity contribution in [3.05, 3.63) is 23.7 Å². The third-order valence-electron chi connectivity index (χ3n) is 4.47. The van der Waals surface area contributed by atoms with Crippen LogP contribution >= 0.6 is 0 Å². The third kappa shape index (κ3) is 3.59. The van der Waals surface area contributed by atoms with Crippen LogP contribution < -0.4 is 10.0 Å². The average molecular weight is 341 g/mol. The summed E-state index contributed by atoms with van der Waals surface area (Å²) in [5.41, 5.74) is 0. The van der Waals surface area contributed by atoms with Crippen molar-refractivity contribution in [2.45, 2.75) is 51.1 Å². The summed E-state index contributed by atoms with van der Waals surface area (Å²) in [5, 5.41) is 2.77. The van der Waals surface area contributed by atoms with Gasteiger partial charge in [-0.3, -0.25) is 4.79 Å². The zero-order valence-corrected chi connectivity index (χ0v) is 14.1. The Bertz CT molecular complexity index is 670. The fourth-order valence-electron chi connectivity index (χ4n) is 3.20. The van der Waals surface area contributed by atoms with Gasteiger partial charge in [-0.2, -0.15) is 12.7 Å². The van der Waals surface area contributed by atoms with Gasteiger partial charge in [0.05, 0.1) is 6.04 Å². The van der Waals surface area contributed by atoms with Crippen LogP contribution in [0.2, 0.25) is 0 Å². The SMILES string of the molecule is CCc1ccc(C2CCCN2S(=O)(=O)NCC2CCC(=O)N2)o1. The molecule has 128 valence electrons. The standard InChI is InChI=1S/C15H23N3O4S/c1-2-12-6-7-14(22-12)13-4-3-9-18(13)23(20,21)16-10-11-5-8-15(19)17-11/h6-7,11,13,16H,2-5,8-10H2,1H3,(H,17,19). The minimum atomic E-state index is -3.59. The molecule has 1 amide bonds. The fraction of sp³-hybridized carbons (Fsp3) is 0.667. The van der Waals surface area contributed by atoms with Crippen molar-refractivity contribution in [3.8, 4) is 0 Å². The van der Waals surface area contributed by atoms with Crippen molar-refractivity contribution in [1.29, 1.82) is 0 Å². The zero-order chi connectivity index (χ0) is 16.4. The number of carbonyl (C=O) groups excluding carboxylic acids is 1. The normalized spacial score (nSPS) is 25.9. The number of nitrogens with zero attached hydrogens (tertiary/aromatic N) is 1. The predicted molar refractivity (Wildman–Crippen MR) is 84.9 cm³/mol. The molecule has 0 radical (unpaired) electrons. The Morgan fingerprint density at radius 3 is 2.87 bits per heavy atom. The van der Waals surface area contributed by atoms with Crippen LogP contribution in [-0.2, 0) is 21.4 Å². The maximum Gasteiger partial charge on any atom is 0.280 e. The van der Waals surface area contributed by atoms with Gasteiger partial charge in [-0.05, 0) is 31.4 Å². The summed E-state index contributed by atoms with van der Waals surface area (Å²) in [4.78, 5) is 11.2. The minimum Gasteiger partial charge on any atom is -0.464 e. The first kappa shape index (κ1) is 16.5. The first-order valence-corrected chi connectivity index (χ1v) is 9.58. The molecule has 7 nitrogen and oxygen atoms in total. The van der Waals surface area contributed by atoms with E-state index in [1.807, 2.05) is 19.1 Å². The molecule has 0 aliphatic carbocycles. The smallest absolute Gasteiger partial charge is 0.280 e. The van der Waals surface area contributed by atoms with Gasteiger partial charge in [0, 0.05) is 32.0 Å². The third-order valence-corrected chi connectivity index (χ3v) is 6.05. The highest BCUT2D eigenvalue weighted by Gasteiger charge is 2.37. The molecule has 1 aromatic heterocycles. The fourth-order valence-corrected chi connectivity index (χ4v) is 4.69. The van der Waals surface area contributed by atoms with Crippen molar-refractivity contribution >= 4 is 16.1 Å². The van der Waals surface area contributed by atoms with Crippen LogP contribution in [-0.4, -0.2) is 37.8 Å². The van der Waals surface area contributed by atoms with Crippen molar-refractivity contribution in [2.24, 2.45) is 0 Å². The number of hydrogen-bond donors (Lipinski definition) is 2. The number of carbonyl (C=O) groups is 1. The Hall–Kier alpha value is -1.38. The van der Waals surface area contributed by atoms with Crippen molar-refractivity contribution in [1.82, 2.24) is 14.3 Å². The lowest BCUT2D eigenvalue weighted by atomic mass is 10.2. The molecule has 0 aromatic carbocycles. The van der Waals surface area contributed by atoms with E-state index in [0.29, 0.717) is 25.1 Å². The zero-order valence-electron chi connectivity index (χ0n) is 13.2. The van der Waals surface area contributed by atoms with E-state index < -0.39 is 10.2 Å². The van der Waals surface area contributed by atoms with Gasteiger partial charge in [0.1, 0.15) is 11.5 Å². The predicted octanol–water partition coefficient (Wildman–Crippen LogP) is 1.09. The molecule has 3 rings (SSSR count). The summed E-state index contributed by atoms with van der Waals surface area (Å²) in [5.74, 6) is 1.56. The van der Waals surface area contributed by atoms with Gasteiger partial charge in [-0.15, -0.1) is 0 Å². The van der Waals surface area contributed by atoms with Gasteiger partial charge < -0.3 is 9.73 Å². The van der Waals surface area contributed by atoms with E-state index in [4.69, 9.17) is 4.42 Å².